The molecule has 3 aliphatic heterocycles. The van der Waals surface area contributed by atoms with Gasteiger partial charge in [0.25, 0.3) is 0 Å². The van der Waals surface area contributed by atoms with Crippen LogP contribution in [0.4, 0.5) is 0 Å². The van der Waals surface area contributed by atoms with Gasteiger partial charge in [-0.25, -0.2) is 0 Å². The summed E-state index contributed by atoms with van der Waals surface area (Å²) < 4.78 is 44.3. The molecule has 12 heteroatoms. The predicted molar refractivity (Wildman–Crippen MR) is 211 cm³/mol. The monoisotopic (exact) mass is 796 g/mol. The van der Waals surface area contributed by atoms with E-state index in [1.807, 2.05) is 0 Å². The molecule has 3 N–H and O–H groups in total. The van der Waals surface area contributed by atoms with Gasteiger partial charge < -0.3 is 48.5 Å². The highest BCUT2D eigenvalue weighted by Gasteiger charge is 2.86. The second-order valence-corrected chi connectivity index (χ2v) is 18.6. The van der Waals surface area contributed by atoms with Crippen molar-refractivity contribution in [3.8, 4) is 12.8 Å². The third-order valence-electron chi connectivity index (χ3n) is 16.3. The zero-order valence-corrected chi connectivity index (χ0v) is 34.7. The number of rotatable bonds is 8. The number of esters is 1. The Morgan fingerprint density at radius 1 is 0.891 bits per heavy atom. The van der Waals surface area contributed by atoms with Crippen LogP contribution in [0.3, 0.4) is 0 Å². The Bertz CT molecular complexity index is 1370. The maximum atomic E-state index is 12.9. The summed E-state index contributed by atoms with van der Waals surface area (Å²) in [5, 5.41) is 30.6. The number of hydrogen-bond donors (Lipinski definition) is 4. The first-order valence-corrected chi connectivity index (χ1v) is 21.3. The van der Waals surface area contributed by atoms with Gasteiger partial charge in [-0.2, -0.15) is 12.6 Å². The maximum Gasteiger partial charge on any atom is 0.302 e. The molecular formula is C43H72O11S. The van der Waals surface area contributed by atoms with Crippen LogP contribution in [0.2, 0.25) is 0 Å². The molecule has 8 aliphatic rings. The SMILES string of the molecule is C.C#C.CC(=O)O[C@@H]1C[C@@]23[C@H](C)C24CCC(OC2OCCO[C@H](CO)C2O)C(C)(C)C4CC[C@H]3C2CC3OC(OCCO)(C4OC4(C)C)CCC3[C@]21C.CS. The standard InChI is InChI=1S/C39H62O11.C2H2.CH4S.CH4/c1-21-37-12-11-29(48-32-31(43)27(20-41)44-16-17-45-32)34(3,4)28(37)9-8-23-25-18-26-24(36(25,7)30(47-22(2)42)19-38(21,23)37)10-13-39(49-26,46-15-14-40)33-35(5,6)50-33;2*1-2;/h21,23-33,40-41,43H,8-20H2,1-7H3;1-2H;2H,1H3;1H4/t21-,23+,24?,25?,26?,27-,28?,29?,30-,31?,32?,33?,36-,37?,38+,39?;;;/m1.../s1. The Balaban J connectivity index is 0.00000112. The molecule has 16 atom stereocenters. The van der Waals surface area contributed by atoms with Crippen LogP contribution in [0, 0.1) is 64.1 Å². The van der Waals surface area contributed by atoms with Crippen LogP contribution in [0.1, 0.15) is 107 Å². The van der Waals surface area contributed by atoms with Crippen LogP contribution in [-0.2, 0) is 38.0 Å². The number of aliphatic hydroxyl groups is 3. The van der Waals surface area contributed by atoms with Crippen molar-refractivity contribution in [3.05, 3.63) is 0 Å². The number of carbonyl (C=O) groups excluding carboxylic acids is 1. The summed E-state index contributed by atoms with van der Waals surface area (Å²) in [5.74, 6) is 0.896. The van der Waals surface area contributed by atoms with Crippen molar-refractivity contribution in [2.75, 3.05) is 39.3 Å². The molecule has 0 aromatic heterocycles. The minimum atomic E-state index is -1.06. The first-order chi connectivity index (χ1) is 25.6. The highest BCUT2D eigenvalue weighted by atomic mass is 32.1. The van der Waals surface area contributed by atoms with Gasteiger partial charge in [0, 0.05) is 18.8 Å². The van der Waals surface area contributed by atoms with Gasteiger partial charge in [0.2, 0.25) is 0 Å². The lowest BCUT2D eigenvalue weighted by molar-refractivity contribution is -0.304. The number of fused-ring (bicyclic) bond motifs is 4. The molecule has 11 nitrogen and oxygen atoms in total. The molecule has 3 heterocycles. The Labute approximate surface area is 336 Å². The summed E-state index contributed by atoms with van der Waals surface area (Å²) >= 11 is 3.53. The van der Waals surface area contributed by atoms with E-state index < -0.39 is 24.3 Å². The van der Waals surface area contributed by atoms with Gasteiger partial charge in [0.15, 0.2) is 12.1 Å². The van der Waals surface area contributed by atoms with Crippen molar-refractivity contribution < 1.29 is 53.3 Å². The second kappa shape index (κ2) is 16.2. The van der Waals surface area contributed by atoms with Crippen molar-refractivity contribution in [2.45, 2.75) is 162 Å². The highest BCUT2D eigenvalue weighted by Crippen LogP contribution is 2.90. The number of aliphatic hydroxyl groups excluding tert-OH is 3. The Kier molecular flexibility index (Phi) is 13.3. The van der Waals surface area contributed by atoms with Crippen LogP contribution in [0.15, 0.2) is 0 Å². The van der Waals surface area contributed by atoms with E-state index in [4.69, 9.17) is 33.2 Å². The number of thiol groups is 1. The van der Waals surface area contributed by atoms with Crippen molar-refractivity contribution >= 4 is 18.6 Å². The quantitative estimate of drug-likeness (QED) is 0.108. The molecule has 0 aromatic carbocycles. The largest absolute Gasteiger partial charge is 0.462 e. The third kappa shape index (κ3) is 6.65. The fourth-order valence-corrected chi connectivity index (χ4v) is 14.3. The molecule has 316 valence electrons. The summed E-state index contributed by atoms with van der Waals surface area (Å²) in [6.07, 6.45) is 14.0. The van der Waals surface area contributed by atoms with E-state index in [9.17, 15) is 20.1 Å². The summed E-state index contributed by atoms with van der Waals surface area (Å²) in [6.45, 7) is 15.7. The second-order valence-electron chi connectivity index (χ2n) is 18.6. The maximum absolute atomic E-state index is 12.9. The molecule has 10 unspecified atom stereocenters. The molecule has 0 radical (unpaired) electrons. The average molecular weight is 797 g/mol. The van der Waals surface area contributed by atoms with Crippen LogP contribution in [0.25, 0.3) is 0 Å². The smallest absolute Gasteiger partial charge is 0.302 e. The molecule has 2 spiro atoms. The zero-order valence-electron chi connectivity index (χ0n) is 33.8. The highest BCUT2D eigenvalue weighted by molar-refractivity contribution is 7.79. The van der Waals surface area contributed by atoms with Crippen molar-refractivity contribution in [2.24, 2.45) is 51.2 Å². The van der Waals surface area contributed by atoms with E-state index in [2.05, 4.69) is 67.0 Å². The Morgan fingerprint density at radius 2 is 1.56 bits per heavy atom. The van der Waals surface area contributed by atoms with Crippen molar-refractivity contribution in [1.29, 1.82) is 0 Å². The topological polar surface area (TPSA) is 146 Å². The van der Waals surface area contributed by atoms with E-state index in [1.54, 1.807) is 13.2 Å². The summed E-state index contributed by atoms with van der Waals surface area (Å²) in [7, 11) is 0. The number of hydrogen-bond acceptors (Lipinski definition) is 12. The minimum absolute atomic E-state index is 0. The number of terminal acetylenes is 1. The van der Waals surface area contributed by atoms with Crippen LogP contribution in [0.5, 0.6) is 0 Å². The fraction of sp³-hybridized carbons (Fsp3) is 0.930. The number of ether oxygens (including phenoxy) is 7. The number of carbonyl (C=O) groups is 1. The molecule has 55 heavy (non-hydrogen) atoms. The molecular weight excluding hydrogens is 725 g/mol. The molecule has 0 bridgehead atoms. The molecule has 5 aliphatic carbocycles. The molecule has 5 saturated carbocycles. The van der Waals surface area contributed by atoms with Crippen molar-refractivity contribution in [1.82, 2.24) is 0 Å². The lowest BCUT2D eigenvalue weighted by Crippen LogP contribution is -2.60. The van der Waals surface area contributed by atoms with Gasteiger partial charge in [-0.15, -0.1) is 12.8 Å². The molecule has 3 saturated heterocycles. The first-order valence-electron chi connectivity index (χ1n) is 20.4. The van der Waals surface area contributed by atoms with Gasteiger partial charge in [-0.1, -0.05) is 35.1 Å². The normalized spacial score (nSPS) is 49.4. The van der Waals surface area contributed by atoms with Gasteiger partial charge in [-0.3, -0.25) is 4.79 Å². The fourth-order valence-electron chi connectivity index (χ4n) is 14.3. The van der Waals surface area contributed by atoms with E-state index in [1.165, 1.54) is 0 Å². The summed E-state index contributed by atoms with van der Waals surface area (Å²) in [4.78, 5) is 12.9. The summed E-state index contributed by atoms with van der Waals surface area (Å²) in [6, 6.07) is 0. The lowest BCUT2D eigenvalue weighted by Gasteiger charge is -2.61. The Morgan fingerprint density at radius 3 is 2.18 bits per heavy atom. The first kappa shape index (κ1) is 45.1. The summed E-state index contributed by atoms with van der Waals surface area (Å²) in [5.41, 5.74) is -0.541. The van der Waals surface area contributed by atoms with Crippen LogP contribution < -0.4 is 0 Å². The molecule has 8 rings (SSSR count). The van der Waals surface area contributed by atoms with E-state index >= 15 is 0 Å². The van der Waals surface area contributed by atoms with Crippen LogP contribution >= 0.6 is 12.6 Å². The van der Waals surface area contributed by atoms with Gasteiger partial charge >= 0.3 is 5.97 Å². The molecule has 0 amide bonds. The lowest BCUT2D eigenvalue weighted by atomic mass is 9.45. The predicted octanol–water partition coefficient (Wildman–Crippen LogP) is 5.41. The van der Waals surface area contributed by atoms with Gasteiger partial charge in [-0.05, 0) is 111 Å². The van der Waals surface area contributed by atoms with Crippen LogP contribution in [-0.4, -0.2) is 115 Å². The molecule has 8 fully saturated rings. The van der Waals surface area contributed by atoms with E-state index in [0.717, 1.165) is 44.9 Å². The van der Waals surface area contributed by atoms with E-state index in [-0.39, 0.29) is 90.8 Å². The van der Waals surface area contributed by atoms with Crippen molar-refractivity contribution in [3.63, 3.8) is 0 Å². The molecule has 0 aromatic rings. The number of epoxide rings is 1. The van der Waals surface area contributed by atoms with Gasteiger partial charge in [0.1, 0.15) is 24.4 Å². The van der Waals surface area contributed by atoms with E-state index in [0.29, 0.717) is 43.3 Å². The zero-order chi connectivity index (χ0) is 39.6. The third-order valence-corrected chi connectivity index (χ3v) is 16.3. The van der Waals surface area contributed by atoms with Gasteiger partial charge in [0.05, 0.1) is 50.8 Å². The minimum Gasteiger partial charge on any atom is -0.462 e. The Hall–Kier alpha value is -0.980. The average Bonchev–Trinajstić information content (AvgIpc) is 3.94.